The highest BCUT2D eigenvalue weighted by molar-refractivity contribution is 6.30. The van der Waals surface area contributed by atoms with Crippen LogP contribution in [-0.4, -0.2) is 14.6 Å². The molecular weight excluding hydrogens is 238 g/mol. The monoisotopic (exact) mass is 245 g/mol. The Hall–Kier alpha value is -2.07. The van der Waals surface area contributed by atoms with E-state index in [9.17, 15) is 0 Å². The van der Waals surface area contributed by atoms with Crippen molar-refractivity contribution >= 4 is 17.2 Å². The number of hydrogen-bond donors (Lipinski definition) is 0. The summed E-state index contributed by atoms with van der Waals surface area (Å²) in [4.78, 5) is 4.30. The first-order valence-corrected chi connectivity index (χ1v) is 5.43. The molecule has 3 aromatic rings. The van der Waals surface area contributed by atoms with E-state index in [0.29, 0.717) is 16.7 Å². The van der Waals surface area contributed by atoms with Crippen molar-refractivity contribution in [2.24, 2.45) is 0 Å². The Bertz CT molecular complexity index is 665. The molecule has 0 spiro atoms. The Morgan fingerprint density at radius 1 is 1.18 bits per heavy atom. The Labute approximate surface area is 102 Å². The first-order chi connectivity index (χ1) is 8.31. The topological polar surface area (TPSA) is 39.4 Å². The van der Waals surface area contributed by atoms with Crippen molar-refractivity contribution in [3.63, 3.8) is 0 Å². The molecule has 2 aromatic heterocycles. The highest BCUT2D eigenvalue weighted by atomic mass is 35.5. The molecule has 84 valence electrons. The first-order valence-electron chi connectivity index (χ1n) is 5.05. The number of nitrogens with zero attached hydrogens (tertiary/aromatic N) is 3. The lowest BCUT2D eigenvalue weighted by Crippen LogP contribution is -1.92. The number of hydrogen-bond acceptors (Lipinski definition) is 3. The van der Waals surface area contributed by atoms with Crippen molar-refractivity contribution in [3.8, 4) is 11.6 Å². The molecule has 0 saturated carbocycles. The van der Waals surface area contributed by atoms with E-state index in [4.69, 9.17) is 16.3 Å². The van der Waals surface area contributed by atoms with E-state index in [1.807, 2.05) is 18.2 Å². The fraction of sp³-hybridized carbons (Fsp3) is 0. The second-order valence-corrected chi connectivity index (χ2v) is 3.90. The molecule has 0 radical (unpaired) electrons. The number of fused-ring (bicyclic) bond motifs is 1. The van der Waals surface area contributed by atoms with Crippen molar-refractivity contribution in [1.29, 1.82) is 0 Å². The molecule has 17 heavy (non-hydrogen) atoms. The standard InChI is InChI=1S/C12H8ClN3O/c13-9-2-1-3-10(8-9)17-12-5-7-16-11(15-12)4-6-14-16/h1-8H. The van der Waals surface area contributed by atoms with Gasteiger partial charge in [0.2, 0.25) is 5.88 Å². The zero-order chi connectivity index (χ0) is 11.7. The molecule has 0 bridgehead atoms. The summed E-state index contributed by atoms with van der Waals surface area (Å²) in [7, 11) is 0. The molecule has 1 aromatic carbocycles. The van der Waals surface area contributed by atoms with Crippen molar-refractivity contribution in [2.45, 2.75) is 0 Å². The molecular formula is C12H8ClN3O. The van der Waals surface area contributed by atoms with Gasteiger partial charge in [-0.3, -0.25) is 0 Å². The number of aromatic nitrogens is 3. The minimum Gasteiger partial charge on any atom is -0.439 e. The molecule has 0 unspecified atom stereocenters. The molecule has 3 rings (SSSR count). The predicted molar refractivity (Wildman–Crippen MR) is 64.5 cm³/mol. The minimum absolute atomic E-state index is 0.514. The molecule has 0 aliphatic rings. The van der Waals surface area contributed by atoms with Gasteiger partial charge >= 0.3 is 0 Å². The molecule has 0 aliphatic carbocycles. The third-order valence-electron chi connectivity index (χ3n) is 2.25. The number of ether oxygens (including phenoxy) is 1. The summed E-state index contributed by atoms with van der Waals surface area (Å²) in [5, 5.41) is 4.69. The molecule has 4 nitrogen and oxygen atoms in total. The molecule has 0 fully saturated rings. The maximum Gasteiger partial charge on any atom is 0.222 e. The van der Waals surface area contributed by atoms with Crippen LogP contribution in [0.25, 0.3) is 5.65 Å². The van der Waals surface area contributed by atoms with Crippen LogP contribution in [0.2, 0.25) is 5.02 Å². The zero-order valence-corrected chi connectivity index (χ0v) is 9.50. The zero-order valence-electron chi connectivity index (χ0n) is 8.75. The maximum absolute atomic E-state index is 5.87. The fourth-order valence-electron chi connectivity index (χ4n) is 1.50. The van der Waals surface area contributed by atoms with E-state index in [0.717, 1.165) is 5.65 Å². The first kappa shape index (κ1) is 10.1. The van der Waals surface area contributed by atoms with Crippen molar-refractivity contribution in [3.05, 3.63) is 53.8 Å². The van der Waals surface area contributed by atoms with Gasteiger partial charge in [0.25, 0.3) is 0 Å². The second kappa shape index (κ2) is 4.07. The van der Waals surface area contributed by atoms with Gasteiger partial charge in [-0.05, 0) is 18.2 Å². The summed E-state index contributed by atoms with van der Waals surface area (Å²) in [6.45, 7) is 0. The van der Waals surface area contributed by atoms with Gasteiger partial charge in [-0.15, -0.1) is 0 Å². The smallest absolute Gasteiger partial charge is 0.222 e. The number of rotatable bonds is 2. The van der Waals surface area contributed by atoms with Crippen LogP contribution in [0.4, 0.5) is 0 Å². The van der Waals surface area contributed by atoms with Gasteiger partial charge in [0, 0.05) is 23.4 Å². The summed E-state index contributed by atoms with van der Waals surface area (Å²) in [5.74, 6) is 1.18. The molecule has 0 aliphatic heterocycles. The van der Waals surface area contributed by atoms with E-state index in [2.05, 4.69) is 10.1 Å². The van der Waals surface area contributed by atoms with Crippen molar-refractivity contribution in [1.82, 2.24) is 14.6 Å². The van der Waals surface area contributed by atoms with Crippen LogP contribution in [0, 0.1) is 0 Å². The summed E-state index contributed by atoms with van der Waals surface area (Å²) in [5.41, 5.74) is 0.740. The van der Waals surface area contributed by atoms with Crippen LogP contribution in [0.3, 0.4) is 0 Å². The van der Waals surface area contributed by atoms with E-state index in [-0.39, 0.29) is 0 Å². The maximum atomic E-state index is 5.87. The van der Waals surface area contributed by atoms with E-state index in [1.165, 1.54) is 0 Å². The third kappa shape index (κ3) is 2.07. The Morgan fingerprint density at radius 3 is 3.00 bits per heavy atom. The third-order valence-corrected chi connectivity index (χ3v) is 2.49. The lowest BCUT2D eigenvalue weighted by Gasteiger charge is -2.04. The molecule has 0 saturated heterocycles. The van der Waals surface area contributed by atoms with Gasteiger partial charge in [0.05, 0.1) is 6.20 Å². The van der Waals surface area contributed by atoms with Gasteiger partial charge in [0.1, 0.15) is 5.75 Å². The highest BCUT2D eigenvalue weighted by Crippen LogP contribution is 2.22. The second-order valence-electron chi connectivity index (χ2n) is 3.46. The Morgan fingerprint density at radius 2 is 2.12 bits per heavy atom. The molecule has 2 heterocycles. The van der Waals surface area contributed by atoms with Crippen LogP contribution in [0.1, 0.15) is 0 Å². The fourth-order valence-corrected chi connectivity index (χ4v) is 1.68. The van der Waals surface area contributed by atoms with Gasteiger partial charge in [0.15, 0.2) is 5.65 Å². The van der Waals surface area contributed by atoms with Gasteiger partial charge < -0.3 is 4.74 Å². The largest absolute Gasteiger partial charge is 0.439 e. The lowest BCUT2D eigenvalue weighted by atomic mass is 10.3. The SMILES string of the molecule is Clc1cccc(Oc2ccn3nccc3n2)c1. The molecule has 0 N–H and O–H groups in total. The number of halogens is 1. The average Bonchev–Trinajstić information content (AvgIpc) is 2.76. The molecule has 0 amide bonds. The van der Waals surface area contributed by atoms with Crippen molar-refractivity contribution in [2.75, 3.05) is 0 Å². The normalized spacial score (nSPS) is 10.6. The summed E-state index contributed by atoms with van der Waals surface area (Å²) in [6, 6.07) is 10.8. The van der Waals surface area contributed by atoms with E-state index < -0.39 is 0 Å². The quantitative estimate of drug-likeness (QED) is 0.696. The Kier molecular flexibility index (Phi) is 2.42. The molecule has 5 heteroatoms. The summed E-state index contributed by atoms with van der Waals surface area (Å²) >= 11 is 5.87. The highest BCUT2D eigenvalue weighted by Gasteiger charge is 2.01. The average molecular weight is 246 g/mol. The van der Waals surface area contributed by atoms with E-state index >= 15 is 0 Å². The predicted octanol–water partition coefficient (Wildman–Crippen LogP) is 3.18. The number of benzene rings is 1. The van der Waals surface area contributed by atoms with Crippen LogP contribution < -0.4 is 4.74 Å². The molecule has 0 atom stereocenters. The van der Waals surface area contributed by atoms with Crippen molar-refractivity contribution < 1.29 is 4.74 Å². The van der Waals surface area contributed by atoms with Crippen LogP contribution >= 0.6 is 11.6 Å². The van der Waals surface area contributed by atoms with E-state index in [1.54, 1.807) is 35.1 Å². The minimum atomic E-state index is 0.514. The summed E-state index contributed by atoms with van der Waals surface area (Å²) in [6.07, 6.45) is 3.48. The van der Waals surface area contributed by atoms with Gasteiger partial charge in [-0.1, -0.05) is 17.7 Å². The summed E-state index contributed by atoms with van der Waals surface area (Å²) < 4.78 is 7.27. The van der Waals surface area contributed by atoms with Gasteiger partial charge in [-0.2, -0.15) is 10.1 Å². The van der Waals surface area contributed by atoms with Crippen LogP contribution in [0.5, 0.6) is 11.6 Å². The Balaban J connectivity index is 1.94. The van der Waals surface area contributed by atoms with Crippen LogP contribution in [0.15, 0.2) is 48.8 Å². The van der Waals surface area contributed by atoms with Gasteiger partial charge in [-0.25, -0.2) is 4.52 Å². The lowest BCUT2D eigenvalue weighted by molar-refractivity contribution is 0.463. The van der Waals surface area contributed by atoms with Crippen LogP contribution in [-0.2, 0) is 0 Å².